The van der Waals surface area contributed by atoms with Crippen LogP contribution in [-0.2, 0) is 14.3 Å². The Morgan fingerprint density at radius 2 is 1.90 bits per heavy atom. The van der Waals surface area contributed by atoms with E-state index in [1.54, 1.807) is 4.90 Å². The molecule has 1 rings (SSSR count). The molecule has 0 N–H and O–H groups in total. The number of esters is 1. The van der Waals surface area contributed by atoms with Gasteiger partial charge in [-0.1, -0.05) is 17.5 Å². The summed E-state index contributed by atoms with van der Waals surface area (Å²) < 4.78 is 9.82. The first-order valence-electron chi connectivity index (χ1n) is 6.54. The van der Waals surface area contributed by atoms with Gasteiger partial charge in [0.05, 0.1) is 0 Å². The van der Waals surface area contributed by atoms with E-state index in [2.05, 4.69) is 16.6 Å². The van der Waals surface area contributed by atoms with Gasteiger partial charge < -0.3 is 14.4 Å². The Balaban J connectivity index is 2.40. The largest absolute Gasteiger partial charge is 0.444 e. The van der Waals surface area contributed by atoms with Crippen LogP contribution in [0.1, 0.15) is 33.6 Å². The Labute approximate surface area is 124 Å². The molecule has 0 aromatic heterocycles. The van der Waals surface area contributed by atoms with Crippen LogP contribution in [0.5, 0.6) is 0 Å². The van der Waals surface area contributed by atoms with E-state index in [0.29, 0.717) is 13.1 Å². The first-order valence-corrected chi connectivity index (χ1v) is 7.07. The highest BCUT2D eigenvalue weighted by Crippen LogP contribution is 2.18. The normalized spacial score (nSPS) is 16.1. The minimum absolute atomic E-state index is 0.0940. The number of alkyl halides is 1. The average molecular weight is 302 g/mol. The maximum Gasteiger partial charge on any atom is 0.410 e. The summed E-state index contributed by atoms with van der Waals surface area (Å²) in [6.07, 6.45) is 1.14. The van der Waals surface area contributed by atoms with Crippen LogP contribution in [-0.4, -0.2) is 41.7 Å². The van der Waals surface area contributed by atoms with Gasteiger partial charge in [-0.2, -0.15) is 0 Å². The van der Waals surface area contributed by atoms with E-state index in [1.165, 1.54) is 0 Å². The maximum absolute atomic E-state index is 11.9. The SMILES string of the molecule is CC(C)(C)OC(=O)N1CCC(C#CC(=O)OCCl)CC1. The number of likely N-dealkylation sites (tertiary alicyclic amines) is 1. The van der Waals surface area contributed by atoms with Crippen LogP contribution in [0, 0.1) is 17.8 Å². The highest BCUT2D eigenvalue weighted by Gasteiger charge is 2.26. The molecule has 1 aliphatic rings. The smallest absolute Gasteiger partial charge is 0.410 e. The van der Waals surface area contributed by atoms with Crippen LogP contribution in [0.25, 0.3) is 0 Å². The second-order valence-corrected chi connectivity index (χ2v) is 5.77. The van der Waals surface area contributed by atoms with Crippen LogP contribution in [0.15, 0.2) is 0 Å². The zero-order chi connectivity index (χ0) is 15.2. The van der Waals surface area contributed by atoms with Crippen molar-refractivity contribution < 1.29 is 19.1 Å². The number of nitrogens with zero attached hydrogens (tertiary/aromatic N) is 1. The summed E-state index contributed by atoms with van der Waals surface area (Å²) in [5.41, 5.74) is -0.487. The Hall–Kier alpha value is -1.41. The molecule has 20 heavy (non-hydrogen) atoms. The molecule has 1 fully saturated rings. The molecule has 112 valence electrons. The molecule has 0 spiro atoms. The van der Waals surface area contributed by atoms with Gasteiger partial charge in [-0.05, 0) is 33.6 Å². The zero-order valence-electron chi connectivity index (χ0n) is 12.1. The van der Waals surface area contributed by atoms with Crippen molar-refractivity contribution in [1.82, 2.24) is 4.90 Å². The van der Waals surface area contributed by atoms with Crippen LogP contribution in [0.2, 0.25) is 0 Å². The van der Waals surface area contributed by atoms with Crippen molar-refractivity contribution in [2.24, 2.45) is 5.92 Å². The Kier molecular flexibility index (Phi) is 6.15. The molecule has 0 unspecified atom stereocenters. The van der Waals surface area contributed by atoms with E-state index < -0.39 is 11.6 Å². The Bertz CT molecular complexity index is 411. The molecular formula is C14H20ClNO4. The lowest BCUT2D eigenvalue weighted by atomic mass is 9.98. The van der Waals surface area contributed by atoms with Gasteiger partial charge >= 0.3 is 12.1 Å². The quantitative estimate of drug-likeness (QED) is 0.323. The van der Waals surface area contributed by atoms with Crippen LogP contribution in [0.4, 0.5) is 4.79 Å². The average Bonchev–Trinajstić information content (AvgIpc) is 2.35. The van der Waals surface area contributed by atoms with E-state index in [-0.39, 0.29) is 18.1 Å². The molecule has 0 radical (unpaired) electrons. The van der Waals surface area contributed by atoms with Crippen molar-refractivity contribution >= 4 is 23.7 Å². The van der Waals surface area contributed by atoms with Crippen molar-refractivity contribution in [3.8, 4) is 11.8 Å². The van der Waals surface area contributed by atoms with Crippen molar-refractivity contribution in [3.05, 3.63) is 0 Å². The summed E-state index contributed by atoms with van der Waals surface area (Å²) in [5, 5.41) is 0. The fourth-order valence-corrected chi connectivity index (χ4v) is 1.88. The molecule has 0 aliphatic carbocycles. The molecular weight excluding hydrogens is 282 g/mol. The number of carbonyl (C=O) groups is 2. The zero-order valence-corrected chi connectivity index (χ0v) is 12.8. The van der Waals surface area contributed by atoms with Gasteiger partial charge in [0.15, 0.2) is 6.07 Å². The van der Waals surface area contributed by atoms with Crippen LogP contribution < -0.4 is 0 Å². The third-order valence-electron chi connectivity index (χ3n) is 2.71. The first kappa shape index (κ1) is 16.6. The summed E-state index contributed by atoms with van der Waals surface area (Å²) >= 11 is 5.26. The number of carbonyl (C=O) groups excluding carboxylic acids is 2. The molecule has 0 saturated carbocycles. The number of hydrogen-bond acceptors (Lipinski definition) is 4. The molecule has 0 aromatic rings. The lowest BCUT2D eigenvalue weighted by Gasteiger charge is -2.31. The second-order valence-electron chi connectivity index (χ2n) is 5.55. The van der Waals surface area contributed by atoms with Gasteiger partial charge in [0.1, 0.15) is 5.60 Å². The molecule has 6 heteroatoms. The molecule has 1 amide bonds. The standard InChI is InChI=1S/C14H20ClNO4/c1-14(2,3)20-13(18)16-8-6-11(7-9-16)4-5-12(17)19-10-15/h11H,6-10H2,1-3H3. The molecule has 1 saturated heterocycles. The minimum atomic E-state index is -0.616. The lowest BCUT2D eigenvalue weighted by Crippen LogP contribution is -2.41. The van der Waals surface area contributed by atoms with Gasteiger partial charge in [-0.3, -0.25) is 0 Å². The van der Waals surface area contributed by atoms with Crippen LogP contribution >= 0.6 is 11.6 Å². The van der Waals surface area contributed by atoms with E-state index in [9.17, 15) is 9.59 Å². The lowest BCUT2D eigenvalue weighted by molar-refractivity contribution is -0.134. The fourth-order valence-electron chi connectivity index (χ4n) is 1.78. The van der Waals surface area contributed by atoms with E-state index >= 15 is 0 Å². The Morgan fingerprint density at radius 3 is 2.40 bits per heavy atom. The highest BCUT2D eigenvalue weighted by atomic mass is 35.5. The maximum atomic E-state index is 11.9. The molecule has 0 atom stereocenters. The van der Waals surface area contributed by atoms with E-state index in [1.807, 2.05) is 20.8 Å². The van der Waals surface area contributed by atoms with Crippen molar-refractivity contribution in [2.75, 3.05) is 19.2 Å². The molecule has 0 aromatic carbocycles. The first-order chi connectivity index (χ1) is 9.31. The summed E-state index contributed by atoms with van der Waals surface area (Å²) in [5.74, 6) is 4.74. The summed E-state index contributed by atoms with van der Waals surface area (Å²) in [6, 6.07) is -0.190. The third-order valence-corrected chi connectivity index (χ3v) is 2.82. The van der Waals surface area contributed by atoms with Gasteiger partial charge in [-0.15, -0.1) is 0 Å². The van der Waals surface area contributed by atoms with Crippen molar-refractivity contribution in [2.45, 2.75) is 39.2 Å². The highest BCUT2D eigenvalue weighted by molar-refractivity contribution is 6.17. The van der Waals surface area contributed by atoms with Crippen molar-refractivity contribution in [3.63, 3.8) is 0 Å². The van der Waals surface area contributed by atoms with Gasteiger partial charge in [0.2, 0.25) is 0 Å². The minimum Gasteiger partial charge on any atom is -0.444 e. The number of halogens is 1. The van der Waals surface area contributed by atoms with Crippen molar-refractivity contribution in [1.29, 1.82) is 0 Å². The van der Waals surface area contributed by atoms with Gasteiger partial charge in [-0.25, -0.2) is 9.59 Å². The summed E-state index contributed by atoms with van der Waals surface area (Å²) in [7, 11) is 0. The summed E-state index contributed by atoms with van der Waals surface area (Å²) in [6.45, 7) is 6.68. The predicted molar refractivity (Wildman–Crippen MR) is 75.1 cm³/mol. The predicted octanol–water partition coefficient (Wildman–Crippen LogP) is 2.38. The van der Waals surface area contributed by atoms with Gasteiger partial charge in [0, 0.05) is 24.9 Å². The Morgan fingerprint density at radius 1 is 1.30 bits per heavy atom. The second kappa shape index (κ2) is 7.39. The van der Waals surface area contributed by atoms with E-state index in [4.69, 9.17) is 16.3 Å². The van der Waals surface area contributed by atoms with E-state index in [0.717, 1.165) is 12.8 Å². The molecule has 0 bridgehead atoms. The third kappa shape index (κ3) is 6.16. The number of rotatable bonds is 1. The number of ether oxygens (including phenoxy) is 2. The molecule has 1 heterocycles. The molecule has 1 aliphatic heterocycles. The fraction of sp³-hybridized carbons (Fsp3) is 0.714. The van der Waals surface area contributed by atoms with Gasteiger partial charge in [0.25, 0.3) is 0 Å². The molecule has 5 nitrogen and oxygen atoms in total. The monoisotopic (exact) mass is 301 g/mol. The number of piperidine rings is 1. The number of hydrogen-bond donors (Lipinski definition) is 0. The van der Waals surface area contributed by atoms with Crippen LogP contribution in [0.3, 0.4) is 0 Å². The number of amides is 1. The topological polar surface area (TPSA) is 55.8 Å². The summed E-state index contributed by atoms with van der Waals surface area (Å²) in [4.78, 5) is 24.6.